The normalized spacial score (nSPS) is 17.1. The number of carboxylic acid groups (broad SMARTS) is 1. The number of piperidine rings is 1. The molecule has 1 amide bonds. The Balaban J connectivity index is 1.50. The van der Waals surface area contributed by atoms with E-state index < -0.39 is 5.97 Å². The van der Waals surface area contributed by atoms with E-state index in [1.54, 1.807) is 18.5 Å². The van der Waals surface area contributed by atoms with Gasteiger partial charge in [-0.2, -0.15) is 0 Å². The van der Waals surface area contributed by atoms with Crippen molar-refractivity contribution in [3.63, 3.8) is 0 Å². The second-order valence-electron chi connectivity index (χ2n) is 8.66. The van der Waals surface area contributed by atoms with E-state index >= 15 is 0 Å². The standard InChI is InChI=1S/C27H26N4O3/c32-26-24(22-16-20(27(33)34)6-9-23(22)30-26)25(19-10-12-28-13-11-19)29-21-7-4-18(5-8-21)17-31-14-2-1-3-15-31/h4-13,16,29H,1-3,14-15,17H2,(H,30,32)(H,33,34)/b25-24-. The van der Waals surface area contributed by atoms with Gasteiger partial charge in [0, 0.05) is 41.4 Å². The van der Waals surface area contributed by atoms with Crippen LogP contribution in [0.2, 0.25) is 0 Å². The van der Waals surface area contributed by atoms with E-state index in [-0.39, 0.29) is 11.5 Å². The fraction of sp³-hybridized carbons (Fsp3) is 0.222. The lowest BCUT2D eigenvalue weighted by Gasteiger charge is -2.26. The predicted octanol–water partition coefficient (Wildman–Crippen LogP) is 4.70. The summed E-state index contributed by atoms with van der Waals surface area (Å²) in [7, 11) is 0. The largest absolute Gasteiger partial charge is 0.478 e. The summed E-state index contributed by atoms with van der Waals surface area (Å²) in [5.74, 6) is -1.32. The molecule has 0 aliphatic carbocycles. The minimum atomic E-state index is -1.04. The summed E-state index contributed by atoms with van der Waals surface area (Å²) in [6.45, 7) is 3.22. The predicted molar refractivity (Wildman–Crippen MR) is 132 cm³/mol. The van der Waals surface area contributed by atoms with Crippen LogP contribution in [0.15, 0.2) is 67.0 Å². The van der Waals surface area contributed by atoms with E-state index in [9.17, 15) is 14.7 Å². The van der Waals surface area contributed by atoms with Crippen LogP contribution in [0.5, 0.6) is 0 Å². The fourth-order valence-corrected chi connectivity index (χ4v) is 4.56. The van der Waals surface area contributed by atoms with E-state index in [2.05, 4.69) is 32.7 Å². The Kier molecular flexibility index (Phi) is 6.10. The summed E-state index contributed by atoms with van der Waals surface area (Å²) in [4.78, 5) is 31.1. The highest BCUT2D eigenvalue weighted by molar-refractivity contribution is 6.37. The highest BCUT2D eigenvalue weighted by Gasteiger charge is 2.29. The quantitative estimate of drug-likeness (QED) is 0.468. The molecule has 3 aromatic rings. The van der Waals surface area contributed by atoms with Gasteiger partial charge in [-0.3, -0.25) is 14.7 Å². The lowest BCUT2D eigenvalue weighted by atomic mass is 9.99. The average Bonchev–Trinajstić information content (AvgIpc) is 3.19. The van der Waals surface area contributed by atoms with Crippen molar-refractivity contribution in [1.82, 2.24) is 9.88 Å². The van der Waals surface area contributed by atoms with Gasteiger partial charge in [0.15, 0.2) is 0 Å². The van der Waals surface area contributed by atoms with Crippen molar-refractivity contribution in [3.05, 3.63) is 89.2 Å². The number of likely N-dealkylation sites (tertiary alicyclic amines) is 1. The number of fused-ring (bicyclic) bond motifs is 1. The maximum absolute atomic E-state index is 13.0. The van der Waals surface area contributed by atoms with Crippen molar-refractivity contribution in [1.29, 1.82) is 0 Å². The van der Waals surface area contributed by atoms with Gasteiger partial charge in [0.25, 0.3) is 5.91 Å². The molecule has 172 valence electrons. The molecular formula is C27H26N4O3. The van der Waals surface area contributed by atoms with E-state index in [0.29, 0.717) is 22.5 Å². The van der Waals surface area contributed by atoms with Gasteiger partial charge >= 0.3 is 5.97 Å². The van der Waals surface area contributed by atoms with Crippen LogP contribution in [0, 0.1) is 0 Å². The molecule has 3 N–H and O–H groups in total. The van der Waals surface area contributed by atoms with Crippen LogP contribution in [0.25, 0.3) is 11.3 Å². The molecule has 0 atom stereocenters. The summed E-state index contributed by atoms with van der Waals surface area (Å²) in [5, 5.41) is 15.7. The van der Waals surface area contributed by atoms with Crippen molar-refractivity contribution in [2.24, 2.45) is 0 Å². The summed E-state index contributed by atoms with van der Waals surface area (Å²) in [5.41, 5.74) is 5.17. The van der Waals surface area contributed by atoms with Gasteiger partial charge in [0.2, 0.25) is 0 Å². The molecule has 2 aliphatic heterocycles. The number of carboxylic acids is 1. The second-order valence-corrected chi connectivity index (χ2v) is 8.66. The molecule has 1 fully saturated rings. The number of rotatable bonds is 6. The van der Waals surface area contributed by atoms with Crippen molar-refractivity contribution in [2.75, 3.05) is 23.7 Å². The zero-order chi connectivity index (χ0) is 23.5. The number of aromatic nitrogens is 1. The molecule has 0 bridgehead atoms. The number of nitrogens with one attached hydrogen (secondary N) is 2. The van der Waals surface area contributed by atoms with Crippen LogP contribution in [0.4, 0.5) is 11.4 Å². The first-order valence-electron chi connectivity index (χ1n) is 11.5. The number of carbonyl (C=O) groups is 2. The number of nitrogens with zero attached hydrogens (tertiary/aromatic N) is 2. The SMILES string of the molecule is O=C1Nc2ccc(C(=O)O)cc2/C1=C(/Nc1ccc(CN2CCCCC2)cc1)c1ccncc1. The molecular weight excluding hydrogens is 428 g/mol. The Morgan fingerprint density at radius 3 is 2.41 bits per heavy atom. The smallest absolute Gasteiger partial charge is 0.335 e. The van der Waals surface area contributed by atoms with Crippen LogP contribution in [0.3, 0.4) is 0 Å². The molecule has 1 aromatic heterocycles. The van der Waals surface area contributed by atoms with Gasteiger partial charge in [0.1, 0.15) is 0 Å². The first-order chi connectivity index (χ1) is 16.6. The van der Waals surface area contributed by atoms with Crippen molar-refractivity contribution >= 4 is 34.5 Å². The molecule has 0 saturated carbocycles. The van der Waals surface area contributed by atoms with Crippen LogP contribution in [-0.2, 0) is 11.3 Å². The van der Waals surface area contributed by atoms with Gasteiger partial charge in [-0.1, -0.05) is 18.6 Å². The third-order valence-electron chi connectivity index (χ3n) is 6.31. The molecule has 1 saturated heterocycles. The van der Waals surface area contributed by atoms with E-state index in [0.717, 1.165) is 30.9 Å². The average molecular weight is 455 g/mol. The number of benzene rings is 2. The van der Waals surface area contributed by atoms with E-state index in [4.69, 9.17) is 0 Å². The zero-order valence-electron chi connectivity index (χ0n) is 18.8. The van der Waals surface area contributed by atoms with Gasteiger partial charge in [-0.25, -0.2) is 4.79 Å². The fourth-order valence-electron chi connectivity index (χ4n) is 4.56. The Bertz CT molecular complexity index is 1250. The third-order valence-corrected chi connectivity index (χ3v) is 6.31. The van der Waals surface area contributed by atoms with Crippen LogP contribution >= 0.6 is 0 Å². The van der Waals surface area contributed by atoms with Gasteiger partial charge in [0.05, 0.1) is 16.8 Å². The van der Waals surface area contributed by atoms with E-state index in [1.165, 1.54) is 37.0 Å². The molecule has 0 spiro atoms. The molecule has 5 rings (SSSR count). The molecule has 0 unspecified atom stereocenters. The molecule has 34 heavy (non-hydrogen) atoms. The number of hydrogen-bond donors (Lipinski definition) is 3. The van der Waals surface area contributed by atoms with Crippen LogP contribution in [-0.4, -0.2) is 40.0 Å². The van der Waals surface area contributed by atoms with Crippen molar-refractivity contribution in [3.8, 4) is 0 Å². The van der Waals surface area contributed by atoms with E-state index in [1.807, 2.05) is 24.3 Å². The van der Waals surface area contributed by atoms with Crippen LogP contribution < -0.4 is 10.6 Å². The Morgan fingerprint density at radius 1 is 0.971 bits per heavy atom. The Labute approximate surface area is 198 Å². The maximum Gasteiger partial charge on any atom is 0.335 e. The molecule has 2 aliphatic rings. The Hall–Kier alpha value is -3.97. The molecule has 7 heteroatoms. The number of aromatic carboxylic acids is 1. The highest BCUT2D eigenvalue weighted by atomic mass is 16.4. The number of carbonyl (C=O) groups excluding carboxylic acids is 1. The lowest BCUT2D eigenvalue weighted by molar-refractivity contribution is -0.110. The van der Waals surface area contributed by atoms with Gasteiger partial charge in [-0.05, 0) is 74.0 Å². The minimum absolute atomic E-state index is 0.129. The summed E-state index contributed by atoms with van der Waals surface area (Å²) in [6.07, 6.45) is 7.17. The second kappa shape index (κ2) is 9.49. The van der Waals surface area contributed by atoms with Gasteiger partial charge < -0.3 is 15.7 Å². The lowest BCUT2D eigenvalue weighted by Crippen LogP contribution is -2.29. The van der Waals surface area contributed by atoms with Gasteiger partial charge in [-0.15, -0.1) is 0 Å². The van der Waals surface area contributed by atoms with Crippen molar-refractivity contribution in [2.45, 2.75) is 25.8 Å². The summed E-state index contributed by atoms with van der Waals surface area (Å²) >= 11 is 0. The number of hydrogen-bond acceptors (Lipinski definition) is 5. The summed E-state index contributed by atoms with van der Waals surface area (Å²) in [6, 6.07) is 16.6. The Morgan fingerprint density at radius 2 is 1.71 bits per heavy atom. The number of anilines is 2. The summed E-state index contributed by atoms with van der Waals surface area (Å²) < 4.78 is 0. The topological polar surface area (TPSA) is 94.6 Å². The number of pyridine rings is 1. The maximum atomic E-state index is 13.0. The third kappa shape index (κ3) is 4.56. The van der Waals surface area contributed by atoms with Crippen molar-refractivity contribution < 1.29 is 14.7 Å². The zero-order valence-corrected chi connectivity index (χ0v) is 18.8. The molecule has 7 nitrogen and oxygen atoms in total. The monoisotopic (exact) mass is 454 g/mol. The molecule has 2 aromatic carbocycles. The first kappa shape index (κ1) is 21.9. The number of amides is 1. The first-order valence-corrected chi connectivity index (χ1v) is 11.5. The minimum Gasteiger partial charge on any atom is -0.478 e. The highest BCUT2D eigenvalue weighted by Crippen LogP contribution is 2.38. The molecule has 0 radical (unpaired) electrons. The molecule has 3 heterocycles. The van der Waals surface area contributed by atoms with Crippen LogP contribution in [0.1, 0.15) is 46.3 Å².